The molecule has 2 aromatic carbocycles. The van der Waals surface area contributed by atoms with Crippen molar-refractivity contribution in [2.24, 2.45) is 0 Å². The van der Waals surface area contributed by atoms with E-state index in [-0.39, 0.29) is 0 Å². The van der Waals surface area contributed by atoms with Gasteiger partial charge >= 0.3 is 0 Å². The SMILES string of the molecule is Brc1cc(Br)c(NCc2cccc3cnccc23)c(Br)c1. The molecule has 3 aromatic rings. The maximum absolute atomic E-state index is 4.17. The summed E-state index contributed by atoms with van der Waals surface area (Å²) in [6.07, 6.45) is 3.72. The summed E-state index contributed by atoms with van der Waals surface area (Å²) in [4.78, 5) is 4.17. The minimum absolute atomic E-state index is 0.750. The molecule has 1 aromatic heterocycles. The summed E-state index contributed by atoms with van der Waals surface area (Å²) in [6.45, 7) is 0.750. The van der Waals surface area contributed by atoms with E-state index < -0.39 is 0 Å². The Morgan fingerprint density at radius 1 is 1.00 bits per heavy atom. The van der Waals surface area contributed by atoms with Crippen LogP contribution in [0.15, 0.2) is 62.2 Å². The molecular formula is C16H11Br3N2. The highest BCUT2D eigenvalue weighted by Crippen LogP contribution is 2.34. The van der Waals surface area contributed by atoms with E-state index in [1.807, 2.05) is 24.5 Å². The first kappa shape index (κ1) is 15.0. The van der Waals surface area contributed by atoms with Crippen LogP contribution in [0.3, 0.4) is 0 Å². The lowest BCUT2D eigenvalue weighted by atomic mass is 10.1. The summed E-state index contributed by atoms with van der Waals surface area (Å²) in [7, 11) is 0. The van der Waals surface area contributed by atoms with Crippen molar-refractivity contribution >= 4 is 64.2 Å². The number of aromatic nitrogens is 1. The Kier molecular flexibility index (Phi) is 4.62. The molecule has 0 spiro atoms. The molecule has 2 nitrogen and oxygen atoms in total. The highest BCUT2D eigenvalue weighted by Gasteiger charge is 2.07. The summed E-state index contributed by atoms with van der Waals surface area (Å²) in [5.74, 6) is 0. The van der Waals surface area contributed by atoms with Gasteiger partial charge in [-0.2, -0.15) is 0 Å². The maximum Gasteiger partial charge on any atom is 0.0632 e. The van der Waals surface area contributed by atoms with E-state index in [0.29, 0.717) is 0 Å². The summed E-state index contributed by atoms with van der Waals surface area (Å²) in [5.41, 5.74) is 2.29. The molecule has 0 aliphatic rings. The number of nitrogens with zero attached hydrogens (tertiary/aromatic N) is 1. The van der Waals surface area contributed by atoms with Gasteiger partial charge in [0.1, 0.15) is 0 Å². The Bertz CT molecular complexity index is 774. The molecule has 0 fully saturated rings. The van der Waals surface area contributed by atoms with Gasteiger partial charge in [0.25, 0.3) is 0 Å². The van der Waals surface area contributed by atoms with Gasteiger partial charge in [-0.25, -0.2) is 0 Å². The van der Waals surface area contributed by atoms with Gasteiger partial charge in [0.2, 0.25) is 0 Å². The molecule has 0 unspecified atom stereocenters. The number of nitrogens with one attached hydrogen (secondary N) is 1. The van der Waals surface area contributed by atoms with E-state index in [9.17, 15) is 0 Å². The quantitative estimate of drug-likeness (QED) is 0.497. The van der Waals surface area contributed by atoms with E-state index in [2.05, 4.69) is 82.4 Å². The Morgan fingerprint density at radius 3 is 2.52 bits per heavy atom. The summed E-state index contributed by atoms with van der Waals surface area (Å²) in [6, 6.07) is 12.4. The normalized spacial score (nSPS) is 10.8. The molecule has 0 aliphatic heterocycles. The summed E-state index contributed by atoms with van der Waals surface area (Å²) >= 11 is 10.7. The Balaban J connectivity index is 1.91. The fourth-order valence-electron chi connectivity index (χ4n) is 2.24. The van der Waals surface area contributed by atoms with Crippen LogP contribution in [-0.2, 0) is 6.54 Å². The van der Waals surface area contributed by atoms with Crippen LogP contribution in [0.1, 0.15) is 5.56 Å². The molecule has 5 heteroatoms. The molecule has 0 saturated carbocycles. The first-order chi connectivity index (χ1) is 10.1. The molecule has 106 valence electrons. The van der Waals surface area contributed by atoms with Gasteiger partial charge < -0.3 is 5.32 Å². The predicted octanol–water partition coefficient (Wildman–Crippen LogP) is 6.13. The van der Waals surface area contributed by atoms with Gasteiger partial charge in [0, 0.05) is 37.7 Å². The average Bonchev–Trinajstić information content (AvgIpc) is 2.46. The molecule has 0 bridgehead atoms. The Labute approximate surface area is 148 Å². The molecule has 0 saturated heterocycles. The number of anilines is 1. The smallest absolute Gasteiger partial charge is 0.0632 e. The molecule has 1 N–H and O–H groups in total. The van der Waals surface area contributed by atoms with Gasteiger partial charge in [-0.3, -0.25) is 4.98 Å². The third-order valence-corrected chi connectivity index (χ3v) is 4.94. The third kappa shape index (κ3) is 3.30. The van der Waals surface area contributed by atoms with Gasteiger partial charge in [-0.1, -0.05) is 34.1 Å². The first-order valence-electron chi connectivity index (χ1n) is 6.35. The highest BCUT2D eigenvalue weighted by molar-refractivity contribution is 9.11. The third-order valence-electron chi connectivity index (χ3n) is 3.23. The van der Waals surface area contributed by atoms with Crippen molar-refractivity contribution in [3.63, 3.8) is 0 Å². The number of pyridine rings is 1. The van der Waals surface area contributed by atoms with Crippen LogP contribution in [0.4, 0.5) is 5.69 Å². The zero-order chi connectivity index (χ0) is 14.8. The van der Waals surface area contributed by atoms with Gasteiger partial charge in [-0.15, -0.1) is 0 Å². The molecular weight excluding hydrogens is 460 g/mol. The van der Waals surface area contributed by atoms with Crippen molar-refractivity contribution in [1.29, 1.82) is 0 Å². The lowest BCUT2D eigenvalue weighted by Gasteiger charge is -2.13. The van der Waals surface area contributed by atoms with Gasteiger partial charge in [-0.05, 0) is 61.0 Å². The van der Waals surface area contributed by atoms with Crippen LogP contribution in [0.5, 0.6) is 0 Å². The van der Waals surface area contributed by atoms with Crippen molar-refractivity contribution in [2.45, 2.75) is 6.54 Å². The van der Waals surface area contributed by atoms with E-state index in [4.69, 9.17) is 0 Å². The molecule has 0 amide bonds. The van der Waals surface area contributed by atoms with Crippen LogP contribution < -0.4 is 5.32 Å². The topological polar surface area (TPSA) is 24.9 Å². The van der Waals surface area contributed by atoms with E-state index in [1.54, 1.807) is 0 Å². The van der Waals surface area contributed by atoms with Gasteiger partial charge in [0.15, 0.2) is 0 Å². The minimum Gasteiger partial charge on any atom is -0.379 e. The van der Waals surface area contributed by atoms with E-state index in [1.165, 1.54) is 10.9 Å². The van der Waals surface area contributed by atoms with Crippen LogP contribution in [0, 0.1) is 0 Å². The van der Waals surface area contributed by atoms with Crippen molar-refractivity contribution in [3.05, 3.63) is 67.8 Å². The zero-order valence-corrected chi connectivity index (χ0v) is 15.7. The molecule has 1 heterocycles. The molecule has 0 atom stereocenters. The minimum atomic E-state index is 0.750. The fraction of sp³-hybridized carbons (Fsp3) is 0.0625. The average molecular weight is 471 g/mol. The van der Waals surface area contributed by atoms with Crippen molar-refractivity contribution < 1.29 is 0 Å². The standard InChI is InChI=1S/C16H11Br3N2/c17-12-6-14(18)16(15(19)7-12)21-9-11-3-1-2-10-8-20-5-4-13(10)11/h1-8,21H,9H2. The van der Waals surface area contributed by atoms with E-state index in [0.717, 1.165) is 31.0 Å². The molecule has 0 radical (unpaired) electrons. The number of fused-ring (bicyclic) bond motifs is 1. The number of rotatable bonds is 3. The number of halogens is 3. The van der Waals surface area contributed by atoms with Crippen molar-refractivity contribution in [3.8, 4) is 0 Å². The second-order valence-corrected chi connectivity index (χ2v) is 7.24. The van der Waals surface area contributed by atoms with Crippen LogP contribution in [-0.4, -0.2) is 4.98 Å². The molecule has 3 rings (SSSR count). The lowest BCUT2D eigenvalue weighted by molar-refractivity contribution is 1.16. The predicted molar refractivity (Wildman–Crippen MR) is 98.6 cm³/mol. The molecule has 21 heavy (non-hydrogen) atoms. The number of hydrogen-bond donors (Lipinski definition) is 1. The maximum atomic E-state index is 4.17. The Hall–Kier alpha value is -0.910. The van der Waals surface area contributed by atoms with Crippen molar-refractivity contribution in [2.75, 3.05) is 5.32 Å². The second-order valence-electron chi connectivity index (χ2n) is 4.61. The summed E-state index contributed by atoms with van der Waals surface area (Å²) < 4.78 is 3.07. The largest absolute Gasteiger partial charge is 0.379 e. The monoisotopic (exact) mass is 468 g/mol. The first-order valence-corrected chi connectivity index (χ1v) is 8.73. The Morgan fingerprint density at radius 2 is 1.76 bits per heavy atom. The number of benzene rings is 2. The second kappa shape index (κ2) is 6.46. The van der Waals surface area contributed by atoms with Crippen molar-refractivity contribution in [1.82, 2.24) is 4.98 Å². The summed E-state index contributed by atoms with van der Waals surface area (Å²) in [5, 5.41) is 5.87. The lowest BCUT2D eigenvalue weighted by Crippen LogP contribution is -2.01. The van der Waals surface area contributed by atoms with Crippen LogP contribution in [0.2, 0.25) is 0 Å². The number of hydrogen-bond acceptors (Lipinski definition) is 2. The van der Waals surface area contributed by atoms with Crippen LogP contribution in [0.25, 0.3) is 10.8 Å². The van der Waals surface area contributed by atoms with Gasteiger partial charge in [0.05, 0.1) is 5.69 Å². The molecule has 0 aliphatic carbocycles. The van der Waals surface area contributed by atoms with Crippen LogP contribution >= 0.6 is 47.8 Å². The highest BCUT2D eigenvalue weighted by atomic mass is 79.9. The zero-order valence-electron chi connectivity index (χ0n) is 10.9. The van der Waals surface area contributed by atoms with E-state index >= 15 is 0 Å². The fourth-order valence-corrected chi connectivity index (χ4v) is 4.78.